The first-order valence-electron chi connectivity index (χ1n) is 11.3. The molecule has 0 aromatic rings. The molecule has 0 aliphatic carbocycles. The van der Waals surface area contributed by atoms with E-state index in [9.17, 15) is 19.2 Å². The van der Waals surface area contributed by atoms with Crippen LogP contribution in [0.1, 0.15) is 32.6 Å². The van der Waals surface area contributed by atoms with E-state index in [4.69, 9.17) is 28.8 Å². The number of hydrogen-bond donors (Lipinski definition) is 2. The van der Waals surface area contributed by atoms with Crippen LogP contribution in [0, 0.1) is 0 Å². The highest BCUT2D eigenvalue weighted by Gasteiger charge is 2.22. The Morgan fingerprint density at radius 3 is 2.35 bits per heavy atom. The van der Waals surface area contributed by atoms with Gasteiger partial charge in [0.25, 0.3) is 11.8 Å². The lowest BCUT2D eigenvalue weighted by Gasteiger charge is -2.21. The zero-order valence-corrected chi connectivity index (χ0v) is 19.9. The molecule has 194 valence electrons. The second-order valence-electron chi connectivity index (χ2n) is 7.29. The molecule has 0 fully saturated rings. The maximum atomic E-state index is 11.8. The molecular weight excluding hydrogens is 452 g/mol. The number of nitrogens with one attached hydrogen (secondary N) is 1. The Bertz CT molecular complexity index is 648. The van der Waals surface area contributed by atoms with Gasteiger partial charge >= 0.3 is 5.97 Å². The van der Waals surface area contributed by atoms with Gasteiger partial charge in [0.05, 0.1) is 45.7 Å². The van der Waals surface area contributed by atoms with Gasteiger partial charge in [-0.25, -0.2) is 0 Å². The summed E-state index contributed by atoms with van der Waals surface area (Å²) in [4.78, 5) is 47.4. The zero-order chi connectivity index (χ0) is 25.2. The summed E-state index contributed by atoms with van der Waals surface area (Å²) in [5.74, 6) is -1.35. The lowest BCUT2D eigenvalue weighted by atomic mass is 10.2. The van der Waals surface area contributed by atoms with Gasteiger partial charge in [-0.3, -0.25) is 24.1 Å². The van der Waals surface area contributed by atoms with Crippen LogP contribution in [-0.2, 0) is 42.9 Å². The highest BCUT2D eigenvalue weighted by atomic mass is 16.7. The van der Waals surface area contributed by atoms with Crippen molar-refractivity contribution in [3.8, 4) is 0 Å². The third-order valence-corrected chi connectivity index (χ3v) is 4.73. The van der Waals surface area contributed by atoms with Gasteiger partial charge in [-0.2, -0.15) is 0 Å². The summed E-state index contributed by atoms with van der Waals surface area (Å²) < 4.78 is 26.3. The summed E-state index contributed by atoms with van der Waals surface area (Å²) in [6.07, 6.45) is 2.49. The highest BCUT2D eigenvalue weighted by Crippen LogP contribution is 2.06. The Hall–Kier alpha value is -2.38. The van der Waals surface area contributed by atoms with Crippen molar-refractivity contribution in [1.29, 1.82) is 0 Å². The van der Waals surface area contributed by atoms with E-state index in [-0.39, 0.29) is 63.0 Å². The van der Waals surface area contributed by atoms with Crippen molar-refractivity contribution >= 4 is 23.7 Å². The molecule has 3 amide bonds. The fraction of sp³-hybridized carbons (Fsp3) is 0.727. The van der Waals surface area contributed by atoms with Gasteiger partial charge in [0.1, 0.15) is 6.61 Å². The van der Waals surface area contributed by atoms with Crippen LogP contribution in [0.2, 0.25) is 0 Å². The Morgan fingerprint density at radius 1 is 1.06 bits per heavy atom. The lowest BCUT2D eigenvalue weighted by Crippen LogP contribution is -2.33. The number of ether oxygens (including phenoxy) is 5. The molecule has 2 unspecified atom stereocenters. The van der Waals surface area contributed by atoms with E-state index in [1.54, 1.807) is 0 Å². The van der Waals surface area contributed by atoms with E-state index >= 15 is 0 Å². The first kappa shape index (κ1) is 29.7. The second kappa shape index (κ2) is 18.0. The lowest BCUT2D eigenvalue weighted by molar-refractivity contribution is -0.194. The summed E-state index contributed by atoms with van der Waals surface area (Å²) >= 11 is 0. The Balaban J connectivity index is 1.95. The van der Waals surface area contributed by atoms with Crippen molar-refractivity contribution < 1.29 is 48.0 Å². The fourth-order valence-corrected chi connectivity index (χ4v) is 2.75. The van der Waals surface area contributed by atoms with E-state index in [1.807, 2.05) is 6.92 Å². The maximum Gasteiger partial charge on any atom is 0.305 e. The molecule has 0 saturated heterocycles. The average Bonchev–Trinajstić information content (AvgIpc) is 3.15. The Kier molecular flexibility index (Phi) is 15.7. The number of rotatable bonds is 20. The molecule has 0 aromatic heterocycles. The SMILES string of the molecule is CCC(CO)OC(COC(=O)CCCC(=O)NCCOCCOCCN1C(=O)C=CC1=O)OC. The molecule has 12 heteroatoms. The quantitative estimate of drug-likeness (QED) is 0.0997. The number of nitrogens with zero attached hydrogens (tertiary/aromatic N) is 1. The van der Waals surface area contributed by atoms with Crippen LogP contribution in [0.5, 0.6) is 0 Å². The Labute approximate surface area is 199 Å². The molecule has 1 heterocycles. The first-order valence-corrected chi connectivity index (χ1v) is 11.3. The molecule has 0 bridgehead atoms. The Morgan fingerprint density at radius 2 is 1.74 bits per heavy atom. The van der Waals surface area contributed by atoms with Crippen molar-refractivity contribution in [2.75, 3.05) is 59.8 Å². The summed E-state index contributed by atoms with van der Waals surface area (Å²) in [6, 6.07) is 0. The van der Waals surface area contributed by atoms with Crippen molar-refractivity contribution in [1.82, 2.24) is 10.2 Å². The van der Waals surface area contributed by atoms with E-state index in [1.165, 1.54) is 19.3 Å². The van der Waals surface area contributed by atoms with Crippen molar-refractivity contribution in [2.24, 2.45) is 0 Å². The molecule has 1 aliphatic rings. The molecule has 34 heavy (non-hydrogen) atoms. The van der Waals surface area contributed by atoms with Gasteiger partial charge in [0.15, 0.2) is 6.29 Å². The van der Waals surface area contributed by atoms with E-state index < -0.39 is 12.3 Å². The van der Waals surface area contributed by atoms with E-state index in [2.05, 4.69) is 5.32 Å². The predicted octanol–water partition coefficient (Wildman–Crippen LogP) is -0.466. The van der Waals surface area contributed by atoms with Gasteiger partial charge in [-0.15, -0.1) is 0 Å². The molecule has 2 atom stereocenters. The number of amides is 3. The first-order chi connectivity index (χ1) is 16.4. The third-order valence-electron chi connectivity index (χ3n) is 4.73. The van der Waals surface area contributed by atoms with E-state index in [0.717, 1.165) is 4.90 Å². The van der Waals surface area contributed by atoms with E-state index in [0.29, 0.717) is 39.2 Å². The summed E-state index contributed by atoms with van der Waals surface area (Å²) in [6.45, 7) is 3.26. The van der Waals surface area contributed by atoms with Crippen LogP contribution in [0.4, 0.5) is 0 Å². The molecule has 2 N–H and O–H groups in total. The van der Waals surface area contributed by atoms with Gasteiger partial charge in [0, 0.05) is 38.6 Å². The monoisotopic (exact) mass is 488 g/mol. The molecule has 0 spiro atoms. The topological polar surface area (TPSA) is 150 Å². The van der Waals surface area contributed by atoms with Gasteiger partial charge < -0.3 is 34.1 Å². The third kappa shape index (κ3) is 12.8. The standard InChI is InChI=1S/C22H36N2O10/c1-3-17(15-25)34-22(30-2)16-33-21(29)6-4-5-18(26)23-9-11-31-13-14-32-12-10-24-19(27)7-8-20(24)28/h7-8,17,22,25H,3-6,9-16H2,1-2H3,(H,23,26). The van der Waals surface area contributed by atoms with Crippen LogP contribution < -0.4 is 5.32 Å². The van der Waals surface area contributed by atoms with Crippen molar-refractivity contribution in [2.45, 2.75) is 45.0 Å². The molecule has 1 rings (SSSR count). The van der Waals surface area contributed by atoms with Crippen LogP contribution in [-0.4, -0.2) is 106 Å². The number of carbonyl (C=O) groups excluding carboxylic acids is 4. The number of aliphatic hydroxyl groups is 1. The van der Waals surface area contributed by atoms with Crippen molar-refractivity contribution in [3.63, 3.8) is 0 Å². The summed E-state index contributed by atoms with van der Waals surface area (Å²) in [7, 11) is 1.42. The van der Waals surface area contributed by atoms with Gasteiger partial charge in [-0.05, 0) is 12.8 Å². The number of carbonyl (C=O) groups is 4. The molecule has 0 radical (unpaired) electrons. The molecule has 0 aromatic carbocycles. The zero-order valence-electron chi connectivity index (χ0n) is 19.9. The number of imide groups is 1. The minimum absolute atomic E-state index is 0.0829. The van der Waals surface area contributed by atoms with Crippen LogP contribution in [0.15, 0.2) is 12.2 Å². The minimum Gasteiger partial charge on any atom is -0.460 e. The van der Waals surface area contributed by atoms with Crippen molar-refractivity contribution in [3.05, 3.63) is 12.2 Å². The highest BCUT2D eigenvalue weighted by molar-refractivity contribution is 6.12. The van der Waals surface area contributed by atoms with Crippen LogP contribution >= 0.6 is 0 Å². The summed E-state index contributed by atoms with van der Waals surface area (Å²) in [5.41, 5.74) is 0. The number of aliphatic hydroxyl groups excluding tert-OH is 1. The predicted molar refractivity (Wildman–Crippen MR) is 118 cm³/mol. The van der Waals surface area contributed by atoms with Crippen LogP contribution in [0.3, 0.4) is 0 Å². The molecule has 1 aliphatic heterocycles. The molecule has 0 saturated carbocycles. The van der Waals surface area contributed by atoms with Gasteiger partial charge in [-0.1, -0.05) is 6.92 Å². The molecular formula is C22H36N2O10. The summed E-state index contributed by atoms with van der Waals surface area (Å²) in [5, 5.41) is 11.8. The fourth-order valence-electron chi connectivity index (χ4n) is 2.75. The molecule has 12 nitrogen and oxygen atoms in total. The average molecular weight is 489 g/mol. The van der Waals surface area contributed by atoms with Crippen LogP contribution in [0.25, 0.3) is 0 Å². The normalized spacial score (nSPS) is 15.0. The minimum atomic E-state index is -0.759. The number of hydrogen-bond acceptors (Lipinski definition) is 10. The smallest absolute Gasteiger partial charge is 0.305 e. The maximum absolute atomic E-state index is 11.8. The van der Waals surface area contributed by atoms with Gasteiger partial charge in [0.2, 0.25) is 5.91 Å². The number of methoxy groups -OCH3 is 1. The second-order valence-corrected chi connectivity index (χ2v) is 7.29. The largest absolute Gasteiger partial charge is 0.460 e. The number of esters is 1.